The summed E-state index contributed by atoms with van der Waals surface area (Å²) in [5.74, 6) is 9.62. The molecule has 0 radical (unpaired) electrons. The molecule has 5 rings (SSSR count). The Bertz CT molecular complexity index is 1090. The number of nitrogens with zero attached hydrogens (tertiary/aromatic N) is 3. The zero-order valence-corrected chi connectivity index (χ0v) is 18.6. The fourth-order valence-electron chi connectivity index (χ4n) is 5.58. The Kier molecular flexibility index (Phi) is 5.61. The number of hydrogen-bond donors (Lipinski definition) is 2. The van der Waals surface area contributed by atoms with Gasteiger partial charge in [-0.2, -0.15) is 0 Å². The van der Waals surface area contributed by atoms with Gasteiger partial charge in [0.1, 0.15) is 0 Å². The van der Waals surface area contributed by atoms with Crippen LogP contribution >= 0.6 is 11.8 Å². The van der Waals surface area contributed by atoms with Crippen LogP contribution in [-0.2, 0) is 11.2 Å². The van der Waals surface area contributed by atoms with Crippen molar-refractivity contribution in [3.05, 3.63) is 53.9 Å². The molecule has 1 aromatic heterocycles. The summed E-state index contributed by atoms with van der Waals surface area (Å²) in [5.41, 5.74) is 1.16. The van der Waals surface area contributed by atoms with E-state index in [-0.39, 0.29) is 11.9 Å². The smallest absolute Gasteiger partial charge is 0.230 e. The maximum Gasteiger partial charge on any atom is 0.230 e. The monoisotopic (exact) mass is 435 g/mol. The molecule has 0 aliphatic heterocycles. The first-order valence-electron chi connectivity index (χ1n) is 11.2. The van der Waals surface area contributed by atoms with Gasteiger partial charge in [0, 0.05) is 12.5 Å². The van der Waals surface area contributed by atoms with Crippen LogP contribution in [-0.4, -0.2) is 32.6 Å². The number of thioether (sulfide) groups is 1. The third-order valence-electron chi connectivity index (χ3n) is 7.12. The Morgan fingerprint density at radius 2 is 2.03 bits per heavy atom. The van der Waals surface area contributed by atoms with Crippen LogP contribution < -0.4 is 11.2 Å². The Balaban J connectivity index is 1.19. The average molecular weight is 436 g/mol. The Labute approximate surface area is 187 Å². The highest BCUT2D eigenvalue weighted by Crippen LogP contribution is 2.49. The molecule has 1 heterocycles. The number of amides is 1. The molecule has 1 amide bonds. The molecule has 2 aliphatic rings. The van der Waals surface area contributed by atoms with Crippen molar-refractivity contribution in [3.8, 4) is 0 Å². The number of nitrogens with two attached hydrogens (primary N) is 1. The zero-order chi connectivity index (χ0) is 21.4. The predicted molar refractivity (Wildman–Crippen MR) is 124 cm³/mol. The van der Waals surface area contributed by atoms with Crippen molar-refractivity contribution in [2.24, 2.45) is 17.8 Å². The fraction of sp³-hybridized carbons (Fsp3) is 0.458. The molecule has 6 nitrogen and oxygen atoms in total. The maximum absolute atomic E-state index is 12.5. The van der Waals surface area contributed by atoms with E-state index in [9.17, 15) is 4.79 Å². The topological polar surface area (TPSA) is 85.8 Å². The number of hydrogen-bond acceptors (Lipinski definition) is 5. The van der Waals surface area contributed by atoms with E-state index in [2.05, 4.69) is 46.7 Å². The van der Waals surface area contributed by atoms with Crippen LogP contribution in [0, 0.1) is 17.8 Å². The quantitative estimate of drug-likeness (QED) is 0.436. The van der Waals surface area contributed by atoms with Crippen molar-refractivity contribution in [3.63, 3.8) is 0 Å². The van der Waals surface area contributed by atoms with E-state index in [1.807, 2.05) is 18.2 Å². The molecule has 2 saturated carbocycles. The second-order valence-corrected chi connectivity index (χ2v) is 10.0. The number of carbonyl (C=O) groups excluding carboxylic acids is 1. The molecule has 2 aliphatic carbocycles. The van der Waals surface area contributed by atoms with E-state index in [1.54, 1.807) is 0 Å². The molecule has 162 valence electrons. The van der Waals surface area contributed by atoms with Crippen molar-refractivity contribution < 1.29 is 4.79 Å². The molecule has 0 unspecified atom stereocenters. The lowest BCUT2D eigenvalue weighted by atomic mass is 9.84. The van der Waals surface area contributed by atoms with E-state index >= 15 is 0 Å². The summed E-state index contributed by atoms with van der Waals surface area (Å²) in [5, 5.41) is 14.7. The van der Waals surface area contributed by atoms with Gasteiger partial charge in [-0.3, -0.25) is 4.79 Å². The molecule has 2 aromatic carbocycles. The number of carbonyl (C=O) groups is 1. The summed E-state index contributed by atoms with van der Waals surface area (Å²) in [7, 11) is 0. The number of benzene rings is 2. The van der Waals surface area contributed by atoms with Gasteiger partial charge in [0.2, 0.25) is 11.1 Å². The van der Waals surface area contributed by atoms with E-state index in [0.717, 1.165) is 17.4 Å². The van der Waals surface area contributed by atoms with E-state index < -0.39 is 0 Å². The first-order chi connectivity index (χ1) is 15.1. The molecule has 3 N–H and O–H groups in total. The summed E-state index contributed by atoms with van der Waals surface area (Å²) in [6.45, 7) is 2.15. The maximum atomic E-state index is 12.5. The first-order valence-corrected chi connectivity index (χ1v) is 12.1. The second kappa shape index (κ2) is 8.54. The molecule has 4 atom stereocenters. The highest BCUT2D eigenvalue weighted by molar-refractivity contribution is 7.99. The molecule has 2 bridgehead atoms. The van der Waals surface area contributed by atoms with Gasteiger partial charge in [0.05, 0.1) is 5.75 Å². The van der Waals surface area contributed by atoms with Gasteiger partial charge < -0.3 is 11.2 Å². The second-order valence-electron chi connectivity index (χ2n) is 9.07. The number of fused-ring (bicyclic) bond motifs is 3. The van der Waals surface area contributed by atoms with Gasteiger partial charge in [-0.15, -0.1) is 10.2 Å². The van der Waals surface area contributed by atoms with Crippen molar-refractivity contribution in [2.75, 3.05) is 11.6 Å². The van der Waals surface area contributed by atoms with E-state index in [0.29, 0.717) is 29.1 Å². The van der Waals surface area contributed by atoms with Crippen LogP contribution in [0.3, 0.4) is 0 Å². The zero-order valence-electron chi connectivity index (χ0n) is 17.8. The first kappa shape index (κ1) is 20.4. The lowest BCUT2D eigenvalue weighted by Crippen LogP contribution is -2.41. The average Bonchev–Trinajstić information content (AvgIpc) is 3.50. The molecular weight excluding hydrogens is 406 g/mol. The summed E-state index contributed by atoms with van der Waals surface area (Å²) >= 11 is 1.34. The normalized spacial score (nSPS) is 23.3. The van der Waals surface area contributed by atoms with Crippen LogP contribution in [0.1, 0.15) is 44.0 Å². The van der Waals surface area contributed by atoms with Gasteiger partial charge in [-0.05, 0) is 60.3 Å². The lowest BCUT2D eigenvalue weighted by molar-refractivity contribution is -0.119. The third kappa shape index (κ3) is 4.15. The number of aromatic nitrogens is 3. The van der Waals surface area contributed by atoms with Crippen molar-refractivity contribution in [1.29, 1.82) is 0 Å². The summed E-state index contributed by atoms with van der Waals surface area (Å²) in [6.07, 6.45) is 5.94. The molecule has 7 heteroatoms. The molecule has 31 heavy (non-hydrogen) atoms. The molecule has 0 saturated heterocycles. The fourth-order valence-corrected chi connectivity index (χ4v) is 6.27. The minimum Gasteiger partial charge on any atom is -0.353 e. The largest absolute Gasteiger partial charge is 0.353 e. The van der Waals surface area contributed by atoms with E-state index in [1.165, 1.54) is 52.9 Å². The number of rotatable bonds is 7. The minimum atomic E-state index is 0.0406. The van der Waals surface area contributed by atoms with Crippen LogP contribution in [0.2, 0.25) is 0 Å². The molecule has 3 aromatic rings. The van der Waals surface area contributed by atoms with Gasteiger partial charge in [-0.25, -0.2) is 4.68 Å². The van der Waals surface area contributed by atoms with Gasteiger partial charge in [-0.1, -0.05) is 60.6 Å². The van der Waals surface area contributed by atoms with E-state index in [4.69, 9.17) is 5.84 Å². The van der Waals surface area contributed by atoms with Crippen molar-refractivity contribution in [2.45, 2.75) is 50.2 Å². The lowest BCUT2D eigenvalue weighted by Gasteiger charge is -2.28. The van der Waals surface area contributed by atoms with Crippen LogP contribution in [0.15, 0.2) is 47.6 Å². The summed E-state index contributed by atoms with van der Waals surface area (Å²) < 4.78 is 1.51. The Hall–Kier alpha value is -2.54. The van der Waals surface area contributed by atoms with Crippen LogP contribution in [0.25, 0.3) is 10.8 Å². The van der Waals surface area contributed by atoms with Gasteiger partial charge in [0.25, 0.3) is 0 Å². The predicted octanol–water partition coefficient (Wildman–Crippen LogP) is 3.77. The van der Waals surface area contributed by atoms with Crippen LogP contribution in [0.4, 0.5) is 0 Å². The van der Waals surface area contributed by atoms with Gasteiger partial charge >= 0.3 is 0 Å². The Morgan fingerprint density at radius 3 is 2.84 bits per heavy atom. The molecule has 0 spiro atoms. The standard InChI is InChI=1S/C24H29N5OS/c1-15(21-12-16-9-10-19(21)11-16)26-23(30)14-31-24-28-27-22(29(24)25)13-18-7-4-6-17-5-2-3-8-20(17)18/h2-8,15-16,19,21H,9-14,25H2,1H3,(H,26,30)/t15-,16-,19-,21-/m0/s1. The van der Waals surface area contributed by atoms with Crippen molar-refractivity contribution >= 4 is 28.4 Å². The highest BCUT2D eigenvalue weighted by atomic mass is 32.2. The van der Waals surface area contributed by atoms with Crippen LogP contribution in [0.5, 0.6) is 0 Å². The number of nitrogen functional groups attached to an aromatic ring is 1. The highest BCUT2D eigenvalue weighted by Gasteiger charge is 2.42. The summed E-state index contributed by atoms with van der Waals surface area (Å²) in [6, 6.07) is 14.8. The SMILES string of the molecule is C[C@H](NC(=O)CSc1nnc(Cc2cccc3ccccc23)n1N)[C@@H]1C[C@H]2CC[C@H]1C2. The third-order valence-corrected chi connectivity index (χ3v) is 8.06. The minimum absolute atomic E-state index is 0.0406. The molecular formula is C24H29N5OS. The van der Waals surface area contributed by atoms with Crippen molar-refractivity contribution in [1.82, 2.24) is 20.2 Å². The molecule has 2 fully saturated rings. The number of nitrogens with one attached hydrogen (secondary N) is 1. The summed E-state index contributed by atoms with van der Waals surface area (Å²) in [4.78, 5) is 12.5. The Morgan fingerprint density at radius 1 is 1.19 bits per heavy atom. The van der Waals surface area contributed by atoms with Gasteiger partial charge in [0.15, 0.2) is 5.82 Å².